The zero-order valence-electron chi connectivity index (χ0n) is 9.18. The Morgan fingerprint density at radius 1 is 1.08 bits per heavy atom. The molecule has 2 N–H and O–H groups in total. The lowest BCUT2D eigenvalue weighted by atomic mass is 9.87. The normalized spacial score (nSPS) is 20.2. The van der Waals surface area contributed by atoms with Crippen molar-refractivity contribution in [1.29, 1.82) is 0 Å². The average Bonchev–Trinajstić information content (AvgIpc) is 1.85. The fraction of sp³-hybridized carbons (Fsp3) is 1.00. The number of hydrogen-bond donors (Lipinski definition) is 2. The molecule has 0 aliphatic heterocycles. The molecule has 0 amide bonds. The van der Waals surface area contributed by atoms with Crippen LogP contribution in [0.2, 0.25) is 0 Å². The third kappa shape index (κ3) is 4.07. The van der Waals surface area contributed by atoms with E-state index in [2.05, 4.69) is 33.0 Å². The van der Waals surface area contributed by atoms with Crippen molar-refractivity contribution in [3.8, 4) is 0 Å². The summed E-state index contributed by atoms with van der Waals surface area (Å²) in [6.45, 7) is 12.6. The third-order valence-electron chi connectivity index (χ3n) is 2.54. The van der Waals surface area contributed by atoms with Gasteiger partial charge in [-0.05, 0) is 26.2 Å². The first-order chi connectivity index (χ1) is 5.25. The lowest BCUT2D eigenvalue weighted by molar-refractivity contribution is 0.132. The van der Waals surface area contributed by atoms with E-state index in [0.717, 1.165) is 0 Å². The standard InChI is InChI=1S/C10H23NO/c1-7(8(2)12)11-9(3)10(4,5)6/h7-9,11-12H,1-6H3. The van der Waals surface area contributed by atoms with Gasteiger partial charge in [-0.2, -0.15) is 0 Å². The molecule has 0 aliphatic carbocycles. The van der Waals surface area contributed by atoms with Crippen molar-refractivity contribution in [3.63, 3.8) is 0 Å². The van der Waals surface area contributed by atoms with Crippen molar-refractivity contribution in [2.24, 2.45) is 5.41 Å². The van der Waals surface area contributed by atoms with Crippen LogP contribution in [0.4, 0.5) is 0 Å². The van der Waals surface area contributed by atoms with Gasteiger partial charge in [-0.15, -0.1) is 0 Å². The maximum absolute atomic E-state index is 9.27. The number of rotatable bonds is 3. The fourth-order valence-electron chi connectivity index (χ4n) is 0.784. The Morgan fingerprint density at radius 2 is 1.50 bits per heavy atom. The van der Waals surface area contributed by atoms with Gasteiger partial charge in [-0.25, -0.2) is 0 Å². The molecular weight excluding hydrogens is 150 g/mol. The van der Waals surface area contributed by atoms with Crippen LogP contribution in [-0.4, -0.2) is 23.3 Å². The second-order valence-corrected chi connectivity index (χ2v) is 4.78. The zero-order valence-corrected chi connectivity index (χ0v) is 9.18. The molecule has 0 aromatic carbocycles. The Morgan fingerprint density at radius 3 is 1.75 bits per heavy atom. The Kier molecular flexibility index (Phi) is 4.21. The van der Waals surface area contributed by atoms with E-state index >= 15 is 0 Å². The zero-order chi connectivity index (χ0) is 9.94. The van der Waals surface area contributed by atoms with E-state index in [1.807, 2.05) is 13.8 Å². The largest absolute Gasteiger partial charge is 0.392 e. The summed E-state index contributed by atoms with van der Waals surface area (Å²) in [7, 11) is 0. The smallest absolute Gasteiger partial charge is 0.0662 e. The number of nitrogens with one attached hydrogen (secondary N) is 1. The summed E-state index contributed by atoms with van der Waals surface area (Å²) in [6.07, 6.45) is -0.283. The summed E-state index contributed by atoms with van der Waals surface area (Å²) in [5.74, 6) is 0. The van der Waals surface area contributed by atoms with Crippen molar-refractivity contribution in [2.45, 2.75) is 59.7 Å². The van der Waals surface area contributed by atoms with Gasteiger partial charge in [0.2, 0.25) is 0 Å². The van der Waals surface area contributed by atoms with E-state index in [4.69, 9.17) is 0 Å². The summed E-state index contributed by atoms with van der Waals surface area (Å²) >= 11 is 0. The van der Waals surface area contributed by atoms with E-state index in [1.165, 1.54) is 0 Å². The molecule has 2 heteroatoms. The molecule has 0 heterocycles. The summed E-state index contributed by atoms with van der Waals surface area (Å²) in [5.41, 5.74) is 0.253. The van der Waals surface area contributed by atoms with Crippen LogP contribution in [0.25, 0.3) is 0 Å². The molecule has 0 aliphatic rings. The topological polar surface area (TPSA) is 32.3 Å². The average molecular weight is 173 g/mol. The molecule has 3 atom stereocenters. The van der Waals surface area contributed by atoms with Gasteiger partial charge in [0.25, 0.3) is 0 Å². The maximum Gasteiger partial charge on any atom is 0.0662 e. The molecule has 0 saturated carbocycles. The SMILES string of the molecule is CC(O)C(C)NC(C)C(C)(C)C. The van der Waals surface area contributed by atoms with Crippen LogP contribution in [0.1, 0.15) is 41.5 Å². The van der Waals surface area contributed by atoms with Crippen molar-refractivity contribution in [2.75, 3.05) is 0 Å². The van der Waals surface area contributed by atoms with Gasteiger partial charge in [0.15, 0.2) is 0 Å². The van der Waals surface area contributed by atoms with E-state index < -0.39 is 0 Å². The van der Waals surface area contributed by atoms with Crippen LogP contribution in [0.15, 0.2) is 0 Å². The van der Waals surface area contributed by atoms with Gasteiger partial charge in [-0.3, -0.25) is 0 Å². The summed E-state index contributed by atoms with van der Waals surface area (Å²) in [6, 6.07) is 0.585. The second kappa shape index (κ2) is 4.24. The minimum atomic E-state index is -0.283. The number of hydrogen-bond acceptors (Lipinski definition) is 2. The van der Waals surface area contributed by atoms with Gasteiger partial charge in [0.1, 0.15) is 0 Å². The number of aliphatic hydroxyl groups excluding tert-OH is 1. The second-order valence-electron chi connectivity index (χ2n) is 4.78. The molecule has 0 spiro atoms. The molecule has 2 nitrogen and oxygen atoms in total. The fourth-order valence-corrected chi connectivity index (χ4v) is 0.784. The number of aliphatic hydroxyl groups is 1. The van der Waals surface area contributed by atoms with Crippen molar-refractivity contribution in [1.82, 2.24) is 5.32 Å². The highest BCUT2D eigenvalue weighted by Crippen LogP contribution is 2.19. The monoisotopic (exact) mass is 173 g/mol. The van der Waals surface area contributed by atoms with Gasteiger partial charge < -0.3 is 10.4 Å². The predicted octanol–water partition coefficient (Wildman–Crippen LogP) is 1.78. The lowest BCUT2D eigenvalue weighted by Crippen LogP contribution is -2.46. The predicted molar refractivity (Wildman–Crippen MR) is 53.2 cm³/mol. The van der Waals surface area contributed by atoms with Gasteiger partial charge >= 0.3 is 0 Å². The first-order valence-electron chi connectivity index (χ1n) is 4.69. The molecule has 0 fully saturated rings. The molecule has 0 aromatic heterocycles. The van der Waals surface area contributed by atoms with E-state index in [0.29, 0.717) is 6.04 Å². The van der Waals surface area contributed by atoms with Crippen LogP contribution in [-0.2, 0) is 0 Å². The molecule has 0 rings (SSSR count). The first-order valence-corrected chi connectivity index (χ1v) is 4.69. The van der Waals surface area contributed by atoms with E-state index in [-0.39, 0.29) is 17.6 Å². The van der Waals surface area contributed by atoms with Crippen LogP contribution < -0.4 is 5.32 Å². The highest BCUT2D eigenvalue weighted by Gasteiger charge is 2.22. The van der Waals surface area contributed by atoms with Crippen LogP contribution in [0.5, 0.6) is 0 Å². The lowest BCUT2D eigenvalue weighted by Gasteiger charge is -2.32. The maximum atomic E-state index is 9.27. The highest BCUT2D eigenvalue weighted by atomic mass is 16.3. The minimum absolute atomic E-state index is 0.166. The summed E-state index contributed by atoms with van der Waals surface area (Å²) < 4.78 is 0. The van der Waals surface area contributed by atoms with Gasteiger partial charge in [-0.1, -0.05) is 20.8 Å². The Bertz CT molecular complexity index is 126. The molecule has 0 bridgehead atoms. The summed E-state index contributed by atoms with van der Waals surface area (Å²) in [5, 5.41) is 12.6. The van der Waals surface area contributed by atoms with Gasteiger partial charge in [0, 0.05) is 12.1 Å². The Balaban J connectivity index is 3.93. The van der Waals surface area contributed by atoms with Gasteiger partial charge in [0.05, 0.1) is 6.10 Å². The molecule has 12 heavy (non-hydrogen) atoms. The van der Waals surface area contributed by atoms with Crippen molar-refractivity contribution < 1.29 is 5.11 Å². The molecular formula is C10H23NO. The molecule has 74 valence electrons. The van der Waals surface area contributed by atoms with E-state index in [9.17, 15) is 5.11 Å². The molecule has 0 saturated heterocycles. The third-order valence-corrected chi connectivity index (χ3v) is 2.54. The molecule has 0 aromatic rings. The van der Waals surface area contributed by atoms with Crippen LogP contribution in [0.3, 0.4) is 0 Å². The van der Waals surface area contributed by atoms with Crippen LogP contribution in [0, 0.1) is 5.41 Å². The minimum Gasteiger partial charge on any atom is -0.392 e. The quantitative estimate of drug-likeness (QED) is 0.682. The van der Waals surface area contributed by atoms with Crippen LogP contribution >= 0.6 is 0 Å². The first kappa shape index (κ1) is 11.9. The Labute approximate surface area is 76.4 Å². The van der Waals surface area contributed by atoms with Crippen molar-refractivity contribution >= 4 is 0 Å². The Hall–Kier alpha value is -0.0800. The van der Waals surface area contributed by atoms with Crippen molar-refractivity contribution in [3.05, 3.63) is 0 Å². The molecule has 0 radical (unpaired) electrons. The van der Waals surface area contributed by atoms with E-state index in [1.54, 1.807) is 0 Å². The molecule has 3 unspecified atom stereocenters. The highest BCUT2D eigenvalue weighted by molar-refractivity contribution is 4.80. The summed E-state index contributed by atoms with van der Waals surface area (Å²) in [4.78, 5) is 0.